The first-order valence-corrected chi connectivity index (χ1v) is 8.68. The van der Waals surface area contributed by atoms with E-state index in [9.17, 15) is 9.59 Å². The van der Waals surface area contributed by atoms with E-state index in [-0.39, 0.29) is 23.9 Å². The first-order valence-electron chi connectivity index (χ1n) is 7.69. The zero-order valence-corrected chi connectivity index (χ0v) is 14.4. The molecular formula is C17H19N3O3S. The highest BCUT2D eigenvalue weighted by atomic mass is 32.2. The Kier molecular flexibility index (Phi) is 4.89. The van der Waals surface area contributed by atoms with Crippen molar-refractivity contribution in [3.8, 4) is 5.75 Å². The lowest BCUT2D eigenvalue weighted by atomic mass is 10.2. The van der Waals surface area contributed by atoms with Gasteiger partial charge in [0.15, 0.2) is 5.16 Å². The molecule has 1 N–H and O–H groups in total. The summed E-state index contributed by atoms with van der Waals surface area (Å²) in [5, 5.41) is 3.60. The first-order chi connectivity index (χ1) is 11.6. The molecule has 126 valence electrons. The van der Waals surface area contributed by atoms with Crippen LogP contribution < -0.4 is 15.6 Å². The number of carbonyl (C=O) groups excluding carboxylic acids is 1. The summed E-state index contributed by atoms with van der Waals surface area (Å²) in [6.45, 7) is 2.24. The Morgan fingerprint density at radius 1 is 1.46 bits per heavy atom. The number of hydrogen-bond acceptors (Lipinski definition) is 5. The van der Waals surface area contributed by atoms with Crippen LogP contribution in [-0.4, -0.2) is 28.3 Å². The number of nitrogens with zero attached hydrogens (tertiary/aromatic N) is 2. The summed E-state index contributed by atoms with van der Waals surface area (Å²) in [7, 11) is 1.61. The van der Waals surface area contributed by atoms with Gasteiger partial charge in [-0.15, -0.1) is 0 Å². The molecule has 2 heterocycles. The average molecular weight is 345 g/mol. The zero-order chi connectivity index (χ0) is 17.1. The molecule has 1 amide bonds. The van der Waals surface area contributed by atoms with Crippen molar-refractivity contribution in [1.82, 2.24) is 14.9 Å². The third kappa shape index (κ3) is 3.62. The van der Waals surface area contributed by atoms with E-state index in [1.165, 1.54) is 17.8 Å². The summed E-state index contributed by atoms with van der Waals surface area (Å²) >= 11 is 1.52. The topological polar surface area (TPSA) is 73.2 Å². The molecule has 1 atom stereocenters. The highest BCUT2D eigenvalue weighted by Gasteiger charge is 2.27. The third-order valence-electron chi connectivity index (χ3n) is 3.86. The second-order valence-electron chi connectivity index (χ2n) is 5.69. The van der Waals surface area contributed by atoms with Crippen molar-refractivity contribution in [2.24, 2.45) is 0 Å². The number of fused-ring (bicyclic) bond motifs is 1. The van der Waals surface area contributed by atoms with Gasteiger partial charge in [-0.2, -0.15) is 0 Å². The van der Waals surface area contributed by atoms with Crippen molar-refractivity contribution in [3.05, 3.63) is 51.9 Å². The highest BCUT2D eigenvalue weighted by Crippen LogP contribution is 2.31. The summed E-state index contributed by atoms with van der Waals surface area (Å²) in [4.78, 5) is 28.7. The van der Waals surface area contributed by atoms with Crippen molar-refractivity contribution in [1.29, 1.82) is 0 Å². The van der Waals surface area contributed by atoms with E-state index in [2.05, 4.69) is 10.3 Å². The highest BCUT2D eigenvalue weighted by molar-refractivity contribution is 7.99. The predicted molar refractivity (Wildman–Crippen MR) is 92.5 cm³/mol. The standard InChI is InChI=1S/C17H19N3O3S/c1-11-6-16(22)20-13(10-24-17(20)19-11)8-15(21)18-9-12-4-3-5-14(7-12)23-2/h3-7,13H,8-10H2,1-2H3,(H,18,21). The Bertz CT molecular complexity index is 819. The van der Waals surface area contributed by atoms with Gasteiger partial charge in [0.2, 0.25) is 5.91 Å². The Balaban J connectivity index is 1.62. The lowest BCUT2D eigenvalue weighted by Gasteiger charge is -2.13. The van der Waals surface area contributed by atoms with Crippen LogP contribution in [0.3, 0.4) is 0 Å². The minimum absolute atomic E-state index is 0.0799. The number of hydrogen-bond donors (Lipinski definition) is 1. The number of benzene rings is 1. The van der Waals surface area contributed by atoms with Crippen molar-refractivity contribution in [2.45, 2.75) is 31.1 Å². The molecule has 0 radical (unpaired) electrons. The van der Waals surface area contributed by atoms with Crippen molar-refractivity contribution in [2.75, 3.05) is 12.9 Å². The molecule has 1 unspecified atom stereocenters. The minimum atomic E-state index is -0.143. The van der Waals surface area contributed by atoms with Crippen LogP contribution in [0.15, 0.2) is 40.3 Å². The fourth-order valence-corrected chi connectivity index (χ4v) is 3.88. The number of methoxy groups -OCH3 is 1. The lowest BCUT2D eigenvalue weighted by molar-refractivity contribution is -0.121. The van der Waals surface area contributed by atoms with Gasteiger partial charge in [0, 0.05) is 30.5 Å². The summed E-state index contributed by atoms with van der Waals surface area (Å²) in [6, 6.07) is 8.93. The van der Waals surface area contributed by atoms with Crippen LogP contribution >= 0.6 is 11.8 Å². The number of amides is 1. The molecular weight excluding hydrogens is 326 g/mol. The molecule has 1 aliphatic heterocycles. The van der Waals surface area contributed by atoms with Crippen LogP contribution in [0, 0.1) is 6.92 Å². The van der Waals surface area contributed by atoms with Crippen LogP contribution in [0.25, 0.3) is 0 Å². The van der Waals surface area contributed by atoms with Crippen LogP contribution in [0.1, 0.15) is 23.7 Å². The fourth-order valence-electron chi connectivity index (χ4n) is 2.68. The number of aromatic nitrogens is 2. The number of carbonyl (C=O) groups is 1. The maximum absolute atomic E-state index is 12.2. The van der Waals surface area contributed by atoms with Gasteiger partial charge in [-0.3, -0.25) is 14.2 Å². The van der Waals surface area contributed by atoms with E-state index < -0.39 is 0 Å². The molecule has 7 heteroatoms. The van der Waals surface area contributed by atoms with Crippen molar-refractivity contribution in [3.63, 3.8) is 0 Å². The van der Waals surface area contributed by atoms with E-state index in [0.717, 1.165) is 11.3 Å². The summed E-state index contributed by atoms with van der Waals surface area (Å²) < 4.78 is 6.80. The molecule has 1 aromatic carbocycles. The van der Waals surface area contributed by atoms with Gasteiger partial charge in [0.05, 0.1) is 13.2 Å². The van der Waals surface area contributed by atoms with E-state index in [1.807, 2.05) is 24.3 Å². The third-order valence-corrected chi connectivity index (χ3v) is 4.96. The fraction of sp³-hybridized carbons (Fsp3) is 0.353. The van der Waals surface area contributed by atoms with Gasteiger partial charge < -0.3 is 10.1 Å². The predicted octanol–water partition coefficient (Wildman–Crippen LogP) is 1.91. The number of thioether (sulfide) groups is 1. The molecule has 3 rings (SSSR count). The Hall–Kier alpha value is -2.28. The molecule has 0 spiro atoms. The quantitative estimate of drug-likeness (QED) is 0.838. The minimum Gasteiger partial charge on any atom is -0.497 e. The van der Waals surface area contributed by atoms with Gasteiger partial charge in [0.1, 0.15) is 5.75 Å². The molecule has 0 fully saturated rings. The number of nitrogens with one attached hydrogen (secondary N) is 1. The second kappa shape index (κ2) is 7.09. The van der Waals surface area contributed by atoms with Gasteiger partial charge >= 0.3 is 0 Å². The van der Waals surface area contributed by atoms with Crippen LogP contribution in [0.2, 0.25) is 0 Å². The smallest absolute Gasteiger partial charge is 0.254 e. The van der Waals surface area contributed by atoms with E-state index >= 15 is 0 Å². The van der Waals surface area contributed by atoms with Crippen LogP contribution in [0.4, 0.5) is 0 Å². The molecule has 2 aromatic rings. The molecule has 0 saturated heterocycles. The summed E-state index contributed by atoms with van der Waals surface area (Å²) in [5.74, 6) is 1.37. The average Bonchev–Trinajstić information content (AvgIpc) is 2.96. The lowest BCUT2D eigenvalue weighted by Crippen LogP contribution is -2.30. The Morgan fingerprint density at radius 3 is 3.08 bits per heavy atom. The zero-order valence-electron chi connectivity index (χ0n) is 13.6. The molecule has 0 aliphatic carbocycles. The Morgan fingerprint density at radius 2 is 2.29 bits per heavy atom. The molecule has 1 aliphatic rings. The van der Waals surface area contributed by atoms with Crippen molar-refractivity contribution >= 4 is 17.7 Å². The maximum Gasteiger partial charge on any atom is 0.254 e. The first kappa shape index (κ1) is 16.6. The molecule has 24 heavy (non-hydrogen) atoms. The SMILES string of the molecule is COc1cccc(CNC(=O)CC2CSc3nc(C)cc(=O)n32)c1. The monoisotopic (exact) mass is 345 g/mol. The van der Waals surface area contributed by atoms with Crippen LogP contribution in [0.5, 0.6) is 5.75 Å². The van der Waals surface area contributed by atoms with Gasteiger partial charge in [-0.25, -0.2) is 4.98 Å². The summed E-state index contributed by atoms with van der Waals surface area (Å²) in [6.07, 6.45) is 0.272. The molecule has 6 nitrogen and oxygen atoms in total. The van der Waals surface area contributed by atoms with E-state index in [1.54, 1.807) is 18.6 Å². The van der Waals surface area contributed by atoms with Gasteiger partial charge in [-0.05, 0) is 24.6 Å². The molecule has 0 saturated carbocycles. The van der Waals surface area contributed by atoms with Crippen LogP contribution in [-0.2, 0) is 11.3 Å². The van der Waals surface area contributed by atoms with Crippen molar-refractivity contribution < 1.29 is 9.53 Å². The number of rotatable bonds is 5. The maximum atomic E-state index is 12.2. The number of ether oxygens (including phenoxy) is 1. The summed E-state index contributed by atoms with van der Waals surface area (Å²) in [5.41, 5.74) is 1.59. The van der Waals surface area contributed by atoms with E-state index in [0.29, 0.717) is 23.1 Å². The normalized spacial score (nSPS) is 15.8. The van der Waals surface area contributed by atoms with Gasteiger partial charge in [-0.1, -0.05) is 23.9 Å². The second-order valence-corrected chi connectivity index (χ2v) is 6.67. The largest absolute Gasteiger partial charge is 0.497 e. The van der Waals surface area contributed by atoms with E-state index in [4.69, 9.17) is 4.74 Å². The molecule has 0 bridgehead atoms. The Labute approximate surface area is 144 Å². The van der Waals surface area contributed by atoms with Gasteiger partial charge in [0.25, 0.3) is 5.56 Å². The number of aryl methyl sites for hydroxylation is 1. The molecule has 1 aromatic heterocycles.